The third-order valence-electron chi connectivity index (χ3n) is 5.69. The molecule has 0 bridgehead atoms. The highest BCUT2D eigenvalue weighted by Crippen LogP contribution is 2.28. The minimum atomic E-state index is -0.695. The van der Waals surface area contributed by atoms with Gasteiger partial charge in [-0.25, -0.2) is 4.98 Å². The van der Waals surface area contributed by atoms with Crippen LogP contribution in [0.5, 0.6) is 0 Å². The Hall–Kier alpha value is -2.29. The molecule has 3 atom stereocenters. The van der Waals surface area contributed by atoms with Gasteiger partial charge in [0.05, 0.1) is 28.2 Å². The van der Waals surface area contributed by atoms with Crippen LogP contribution in [0.2, 0.25) is 0 Å². The van der Waals surface area contributed by atoms with E-state index in [1.54, 1.807) is 18.4 Å². The molecule has 0 saturated carbocycles. The summed E-state index contributed by atoms with van der Waals surface area (Å²) in [5.41, 5.74) is 4.61. The first kappa shape index (κ1) is 27.0. The Morgan fingerprint density at radius 3 is 2.39 bits per heavy atom. The van der Waals surface area contributed by atoms with Gasteiger partial charge in [0.15, 0.2) is 0 Å². The standard InChI is InChI=1S/C23H32N4O3S.C2H6/c1-14-19(31-13-26-14)16-8-6-15(7-9-16)11-25-21(29)18-10-17(28)12-27(18)22(30)20(24-5)23(2,3)4;1-2/h6-9,13,17-18,20,24,28H,10-12H2,1-5H3,(H,25,29);1-2H3/t17-,18+,20-;/m0./s1. The Morgan fingerprint density at radius 2 is 1.88 bits per heavy atom. The van der Waals surface area contributed by atoms with Gasteiger partial charge in [0.1, 0.15) is 6.04 Å². The molecule has 0 radical (unpaired) electrons. The molecule has 1 aromatic carbocycles. The smallest absolute Gasteiger partial charge is 0.243 e. The molecule has 0 aliphatic carbocycles. The van der Waals surface area contributed by atoms with Crippen LogP contribution in [-0.2, 0) is 16.1 Å². The van der Waals surface area contributed by atoms with Crippen molar-refractivity contribution in [3.8, 4) is 10.4 Å². The number of aromatic nitrogens is 1. The monoisotopic (exact) mass is 474 g/mol. The number of hydrogen-bond acceptors (Lipinski definition) is 6. The van der Waals surface area contributed by atoms with Gasteiger partial charge in [-0.05, 0) is 30.5 Å². The lowest BCUT2D eigenvalue weighted by Crippen LogP contribution is -2.55. The van der Waals surface area contributed by atoms with Crippen LogP contribution < -0.4 is 10.6 Å². The molecule has 2 heterocycles. The number of hydrogen-bond donors (Lipinski definition) is 3. The zero-order valence-corrected chi connectivity index (χ0v) is 21.6. The molecule has 1 aromatic heterocycles. The van der Waals surface area contributed by atoms with E-state index in [4.69, 9.17) is 0 Å². The van der Waals surface area contributed by atoms with Crippen molar-refractivity contribution >= 4 is 23.2 Å². The highest BCUT2D eigenvalue weighted by atomic mass is 32.1. The maximum Gasteiger partial charge on any atom is 0.243 e. The van der Waals surface area contributed by atoms with E-state index in [0.717, 1.165) is 21.7 Å². The number of rotatable bonds is 6. The molecule has 33 heavy (non-hydrogen) atoms. The van der Waals surface area contributed by atoms with Crippen molar-refractivity contribution in [1.82, 2.24) is 20.5 Å². The van der Waals surface area contributed by atoms with E-state index >= 15 is 0 Å². The molecule has 1 aliphatic rings. The van der Waals surface area contributed by atoms with Crippen LogP contribution in [0.15, 0.2) is 29.8 Å². The van der Waals surface area contributed by atoms with Gasteiger partial charge >= 0.3 is 0 Å². The van der Waals surface area contributed by atoms with Crippen LogP contribution in [0, 0.1) is 12.3 Å². The largest absolute Gasteiger partial charge is 0.391 e. The molecule has 8 heteroatoms. The Morgan fingerprint density at radius 1 is 1.24 bits per heavy atom. The second-order valence-electron chi connectivity index (χ2n) is 9.17. The number of β-amino-alcohol motifs (C(OH)–C–C–N with tert-alkyl or cyclic N) is 1. The number of likely N-dealkylation sites (tertiary alicyclic amines) is 1. The van der Waals surface area contributed by atoms with E-state index in [-0.39, 0.29) is 30.2 Å². The fraction of sp³-hybridized carbons (Fsp3) is 0.560. The van der Waals surface area contributed by atoms with Crippen LogP contribution >= 0.6 is 11.3 Å². The molecule has 0 unspecified atom stereocenters. The quantitative estimate of drug-likeness (QED) is 0.597. The van der Waals surface area contributed by atoms with Crippen LogP contribution in [0.25, 0.3) is 10.4 Å². The van der Waals surface area contributed by atoms with E-state index in [2.05, 4.69) is 15.6 Å². The number of carbonyl (C=O) groups is 2. The number of nitrogens with zero attached hydrogens (tertiary/aromatic N) is 2. The fourth-order valence-electron chi connectivity index (χ4n) is 4.06. The van der Waals surface area contributed by atoms with Gasteiger partial charge in [-0.3, -0.25) is 9.59 Å². The Labute approximate surface area is 201 Å². The minimum Gasteiger partial charge on any atom is -0.391 e. The summed E-state index contributed by atoms with van der Waals surface area (Å²) in [4.78, 5) is 32.9. The summed E-state index contributed by atoms with van der Waals surface area (Å²) in [5.74, 6) is -0.396. The molecular weight excluding hydrogens is 436 g/mol. The first-order valence-electron chi connectivity index (χ1n) is 11.5. The van der Waals surface area contributed by atoms with Crippen molar-refractivity contribution in [3.63, 3.8) is 0 Å². The number of amides is 2. The number of nitrogens with one attached hydrogen (secondary N) is 2. The summed E-state index contributed by atoms with van der Waals surface area (Å²) in [6, 6.07) is 6.92. The van der Waals surface area contributed by atoms with Gasteiger partial charge < -0.3 is 20.6 Å². The summed E-state index contributed by atoms with van der Waals surface area (Å²) in [7, 11) is 1.74. The van der Waals surface area contributed by atoms with E-state index in [0.29, 0.717) is 6.54 Å². The number of thiazole rings is 1. The van der Waals surface area contributed by atoms with Gasteiger partial charge in [0, 0.05) is 19.5 Å². The van der Waals surface area contributed by atoms with E-state index in [9.17, 15) is 14.7 Å². The Kier molecular flexibility index (Phi) is 9.57. The molecule has 7 nitrogen and oxygen atoms in total. The molecule has 1 saturated heterocycles. The maximum absolute atomic E-state index is 13.1. The summed E-state index contributed by atoms with van der Waals surface area (Å²) in [6.07, 6.45) is -0.444. The third kappa shape index (κ3) is 6.62. The van der Waals surface area contributed by atoms with Gasteiger partial charge in [-0.2, -0.15) is 0 Å². The van der Waals surface area contributed by atoms with Gasteiger partial charge in [0.2, 0.25) is 11.8 Å². The number of aliphatic hydroxyl groups is 1. The van der Waals surface area contributed by atoms with Crippen molar-refractivity contribution in [2.45, 2.75) is 72.7 Å². The first-order chi connectivity index (χ1) is 15.6. The van der Waals surface area contributed by atoms with Crippen molar-refractivity contribution in [2.75, 3.05) is 13.6 Å². The lowest BCUT2D eigenvalue weighted by atomic mass is 9.86. The van der Waals surface area contributed by atoms with Crippen molar-refractivity contribution in [3.05, 3.63) is 41.0 Å². The molecule has 0 spiro atoms. The molecule has 2 aromatic rings. The first-order valence-corrected chi connectivity index (χ1v) is 12.4. The van der Waals surface area contributed by atoms with Crippen LogP contribution in [0.1, 0.15) is 52.3 Å². The van der Waals surface area contributed by atoms with Gasteiger partial charge in [-0.1, -0.05) is 58.9 Å². The lowest BCUT2D eigenvalue weighted by molar-refractivity contribution is -0.142. The number of aryl methyl sites for hydroxylation is 1. The van der Waals surface area contributed by atoms with E-state index in [1.807, 2.05) is 71.3 Å². The Balaban J connectivity index is 0.00000187. The molecule has 1 fully saturated rings. The highest BCUT2D eigenvalue weighted by Gasteiger charge is 2.43. The van der Waals surface area contributed by atoms with E-state index in [1.165, 1.54) is 4.90 Å². The fourth-order valence-corrected chi connectivity index (χ4v) is 4.87. The second-order valence-corrected chi connectivity index (χ2v) is 10.0. The van der Waals surface area contributed by atoms with Crippen LogP contribution in [0.3, 0.4) is 0 Å². The van der Waals surface area contributed by atoms with Gasteiger partial charge in [-0.15, -0.1) is 11.3 Å². The zero-order valence-electron chi connectivity index (χ0n) is 20.8. The van der Waals surface area contributed by atoms with Crippen LogP contribution in [0.4, 0.5) is 0 Å². The van der Waals surface area contributed by atoms with E-state index < -0.39 is 18.2 Å². The highest BCUT2D eigenvalue weighted by molar-refractivity contribution is 7.13. The summed E-state index contributed by atoms with van der Waals surface area (Å²) in [5, 5.41) is 16.2. The van der Waals surface area contributed by atoms with Crippen molar-refractivity contribution < 1.29 is 14.7 Å². The average Bonchev–Trinajstić information content (AvgIpc) is 3.39. The molecular formula is C25H38N4O3S. The minimum absolute atomic E-state index is 0.156. The average molecular weight is 475 g/mol. The predicted octanol–water partition coefficient (Wildman–Crippen LogP) is 3.36. The molecule has 3 rings (SSSR count). The molecule has 182 valence electrons. The Bertz CT molecular complexity index is 920. The predicted molar refractivity (Wildman–Crippen MR) is 134 cm³/mol. The summed E-state index contributed by atoms with van der Waals surface area (Å²) >= 11 is 1.61. The van der Waals surface area contributed by atoms with Crippen molar-refractivity contribution in [2.24, 2.45) is 5.41 Å². The zero-order chi connectivity index (χ0) is 24.8. The van der Waals surface area contributed by atoms with Gasteiger partial charge in [0.25, 0.3) is 0 Å². The number of likely N-dealkylation sites (N-methyl/N-ethyl adjacent to an activating group) is 1. The summed E-state index contributed by atoms with van der Waals surface area (Å²) < 4.78 is 0. The topological polar surface area (TPSA) is 94.6 Å². The summed E-state index contributed by atoms with van der Waals surface area (Å²) in [6.45, 7) is 12.5. The second kappa shape index (κ2) is 11.7. The molecule has 1 aliphatic heterocycles. The SMILES string of the molecule is CC.CN[C@@H](C(=O)N1C[C@@H](O)C[C@@H]1C(=O)NCc1ccc(-c2scnc2C)cc1)C(C)(C)C. The molecule has 3 N–H and O–H groups in total. The van der Waals surface area contributed by atoms with Crippen molar-refractivity contribution in [1.29, 1.82) is 0 Å². The lowest BCUT2D eigenvalue weighted by Gasteiger charge is -2.34. The maximum atomic E-state index is 13.1. The normalized spacial score (nSPS) is 19.0. The molecule has 2 amide bonds. The van der Waals surface area contributed by atoms with Crippen LogP contribution in [-0.4, -0.2) is 58.6 Å². The number of carbonyl (C=O) groups excluding carboxylic acids is 2. The third-order valence-corrected chi connectivity index (χ3v) is 6.67. The number of benzene rings is 1. The number of aliphatic hydroxyl groups excluding tert-OH is 1.